The number of amides is 2. The van der Waals surface area contributed by atoms with Gasteiger partial charge in [-0.3, -0.25) is 9.59 Å². The van der Waals surface area contributed by atoms with E-state index in [1.807, 2.05) is 18.7 Å². The highest BCUT2D eigenvalue weighted by atomic mass is 35.5. The number of halogens is 2. The van der Waals surface area contributed by atoms with E-state index in [0.717, 1.165) is 6.42 Å². The second kappa shape index (κ2) is 7.99. The lowest BCUT2D eigenvalue weighted by Crippen LogP contribution is -2.52. The van der Waals surface area contributed by atoms with Gasteiger partial charge in [0.05, 0.1) is 10.6 Å². The topological polar surface area (TPSA) is 49.4 Å². The van der Waals surface area contributed by atoms with Crippen molar-refractivity contribution in [1.82, 2.24) is 10.2 Å². The van der Waals surface area contributed by atoms with Gasteiger partial charge in [-0.05, 0) is 47.5 Å². The van der Waals surface area contributed by atoms with E-state index in [0.29, 0.717) is 23.7 Å². The summed E-state index contributed by atoms with van der Waals surface area (Å²) in [6.07, 6.45) is 0.862. The van der Waals surface area contributed by atoms with E-state index >= 15 is 0 Å². The molecule has 1 unspecified atom stereocenters. The maximum absolute atomic E-state index is 13.0. The summed E-state index contributed by atoms with van der Waals surface area (Å²) in [4.78, 5) is 28.8. The summed E-state index contributed by atoms with van der Waals surface area (Å²) < 4.78 is 0. The maximum atomic E-state index is 13.0. The van der Waals surface area contributed by atoms with E-state index in [-0.39, 0.29) is 22.8 Å². The van der Waals surface area contributed by atoms with Crippen LogP contribution in [0.25, 0.3) is 0 Å². The Labute approximate surface area is 167 Å². The number of fused-ring (bicyclic) bond motifs is 1. The molecule has 0 bridgehead atoms. The van der Waals surface area contributed by atoms with Gasteiger partial charge in [0.2, 0.25) is 5.91 Å². The summed E-state index contributed by atoms with van der Waals surface area (Å²) in [5, 5.41) is 5.64. The minimum absolute atomic E-state index is 0.0404. The molecule has 7 heteroatoms. The van der Waals surface area contributed by atoms with E-state index in [1.165, 1.54) is 16.5 Å². The van der Waals surface area contributed by atoms with Crippen LogP contribution < -0.4 is 5.32 Å². The molecule has 2 amide bonds. The zero-order chi connectivity index (χ0) is 18.8. The predicted molar refractivity (Wildman–Crippen MR) is 106 cm³/mol. The molecule has 2 aromatic rings. The maximum Gasteiger partial charge on any atom is 0.253 e. The fraction of sp³-hybridized carbons (Fsp3) is 0.368. The average Bonchev–Trinajstić information content (AvgIpc) is 3.06. The fourth-order valence-corrected chi connectivity index (χ4v) is 4.42. The zero-order valence-electron chi connectivity index (χ0n) is 14.6. The molecule has 0 aliphatic carbocycles. The molecule has 1 aliphatic heterocycles. The van der Waals surface area contributed by atoms with E-state index in [2.05, 4.69) is 16.8 Å². The number of hydrogen-bond acceptors (Lipinski definition) is 3. The summed E-state index contributed by atoms with van der Waals surface area (Å²) in [5.41, 5.74) is 1.51. The Hall–Kier alpha value is -1.56. The van der Waals surface area contributed by atoms with Crippen LogP contribution in [0.5, 0.6) is 0 Å². The van der Waals surface area contributed by atoms with E-state index in [9.17, 15) is 9.59 Å². The quantitative estimate of drug-likeness (QED) is 0.811. The van der Waals surface area contributed by atoms with Crippen LogP contribution in [0.2, 0.25) is 10.0 Å². The molecule has 4 nitrogen and oxygen atoms in total. The number of thiophene rings is 1. The number of rotatable bonds is 4. The van der Waals surface area contributed by atoms with Crippen LogP contribution in [0.15, 0.2) is 29.6 Å². The average molecular weight is 411 g/mol. The van der Waals surface area contributed by atoms with Crippen molar-refractivity contribution in [3.8, 4) is 0 Å². The van der Waals surface area contributed by atoms with E-state index in [1.54, 1.807) is 23.5 Å². The van der Waals surface area contributed by atoms with Crippen molar-refractivity contribution >= 4 is 46.4 Å². The Balaban J connectivity index is 1.74. The molecule has 138 valence electrons. The van der Waals surface area contributed by atoms with Crippen LogP contribution in [0, 0.1) is 5.92 Å². The van der Waals surface area contributed by atoms with Gasteiger partial charge in [-0.2, -0.15) is 0 Å². The third-order valence-corrected chi connectivity index (χ3v) is 6.09. The fourth-order valence-electron chi connectivity index (χ4n) is 3.04. The summed E-state index contributed by atoms with van der Waals surface area (Å²) in [6.45, 7) is 5.12. The van der Waals surface area contributed by atoms with Gasteiger partial charge in [0.1, 0.15) is 6.04 Å². The normalized spacial score (nSPS) is 14.9. The van der Waals surface area contributed by atoms with Crippen molar-refractivity contribution in [2.45, 2.75) is 32.9 Å². The van der Waals surface area contributed by atoms with Crippen LogP contribution in [0.1, 0.15) is 34.6 Å². The second-order valence-corrected chi connectivity index (χ2v) is 8.54. The van der Waals surface area contributed by atoms with Crippen molar-refractivity contribution in [2.24, 2.45) is 5.92 Å². The smallest absolute Gasteiger partial charge is 0.253 e. The largest absolute Gasteiger partial charge is 0.340 e. The van der Waals surface area contributed by atoms with Crippen LogP contribution in [-0.2, 0) is 17.8 Å². The van der Waals surface area contributed by atoms with Crippen molar-refractivity contribution in [3.05, 3.63) is 55.7 Å². The Bertz CT molecular complexity index is 835. The van der Waals surface area contributed by atoms with Gasteiger partial charge in [0.15, 0.2) is 0 Å². The van der Waals surface area contributed by atoms with Gasteiger partial charge in [0, 0.05) is 23.0 Å². The van der Waals surface area contributed by atoms with Crippen molar-refractivity contribution in [3.63, 3.8) is 0 Å². The highest BCUT2D eigenvalue weighted by Crippen LogP contribution is 2.25. The molecule has 2 heterocycles. The molecule has 0 spiro atoms. The highest BCUT2D eigenvalue weighted by Gasteiger charge is 2.31. The molecule has 1 aromatic carbocycles. The van der Waals surface area contributed by atoms with Gasteiger partial charge in [-0.15, -0.1) is 11.3 Å². The summed E-state index contributed by atoms with van der Waals surface area (Å²) >= 11 is 13.7. The number of nitrogens with zero attached hydrogens (tertiary/aromatic N) is 1. The molecule has 1 atom stereocenters. The Morgan fingerprint density at radius 1 is 1.23 bits per heavy atom. The van der Waals surface area contributed by atoms with Crippen molar-refractivity contribution in [2.75, 3.05) is 6.54 Å². The first-order chi connectivity index (χ1) is 12.4. The minimum atomic E-state index is -0.602. The number of nitrogens with one attached hydrogen (secondary N) is 1. The number of benzene rings is 1. The third kappa shape index (κ3) is 4.05. The van der Waals surface area contributed by atoms with Crippen molar-refractivity contribution in [1.29, 1.82) is 0 Å². The summed E-state index contributed by atoms with van der Waals surface area (Å²) in [7, 11) is 0. The lowest BCUT2D eigenvalue weighted by atomic mass is 10.00. The van der Waals surface area contributed by atoms with Gasteiger partial charge < -0.3 is 10.2 Å². The number of carbonyl (C=O) groups excluding carboxylic acids is 2. The lowest BCUT2D eigenvalue weighted by molar-refractivity contribution is -0.135. The molecule has 0 saturated carbocycles. The third-order valence-electron chi connectivity index (χ3n) is 4.51. The SMILES string of the molecule is CC(C)C(NC(=O)c1ccc(Cl)cc1Cl)C(=O)N1CCc2sccc2C1. The van der Waals surface area contributed by atoms with E-state index in [4.69, 9.17) is 23.2 Å². The minimum Gasteiger partial charge on any atom is -0.340 e. The molecule has 0 saturated heterocycles. The highest BCUT2D eigenvalue weighted by molar-refractivity contribution is 7.10. The molecular formula is C19H20Cl2N2O2S. The standard InChI is InChI=1S/C19H20Cl2N2O2S/c1-11(2)17(22-18(24)14-4-3-13(20)9-15(14)21)19(25)23-7-5-16-12(10-23)6-8-26-16/h3-4,6,8-9,11,17H,5,7,10H2,1-2H3,(H,22,24). The van der Waals surface area contributed by atoms with Gasteiger partial charge in [-0.25, -0.2) is 0 Å². The van der Waals surface area contributed by atoms with Gasteiger partial charge in [-0.1, -0.05) is 37.0 Å². The molecule has 1 aromatic heterocycles. The number of carbonyl (C=O) groups is 2. The predicted octanol–water partition coefficient (Wildman–Crippen LogP) is 4.39. The second-order valence-electron chi connectivity index (χ2n) is 6.70. The molecule has 0 radical (unpaired) electrons. The van der Waals surface area contributed by atoms with Crippen LogP contribution in [0.4, 0.5) is 0 Å². The molecule has 1 N–H and O–H groups in total. The van der Waals surface area contributed by atoms with Gasteiger partial charge >= 0.3 is 0 Å². The number of hydrogen-bond donors (Lipinski definition) is 1. The lowest BCUT2D eigenvalue weighted by Gasteiger charge is -2.32. The van der Waals surface area contributed by atoms with Crippen molar-refractivity contribution < 1.29 is 9.59 Å². The first-order valence-electron chi connectivity index (χ1n) is 8.46. The van der Waals surface area contributed by atoms with Crippen LogP contribution in [0.3, 0.4) is 0 Å². The van der Waals surface area contributed by atoms with Crippen LogP contribution in [-0.4, -0.2) is 29.3 Å². The molecular weight excluding hydrogens is 391 g/mol. The molecule has 3 rings (SSSR count). The first kappa shape index (κ1) is 19.2. The molecule has 26 heavy (non-hydrogen) atoms. The Kier molecular flexibility index (Phi) is 5.90. The Morgan fingerprint density at radius 2 is 2.00 bits per heavy atom. The van der Waals surface area contributed by atoms with Gasteiger partial charge in [0.25, 0.3) is 5.91 Å². The zero-order valence-corrected chi connectivity index (χ0v) is 16.9. The monoisotopic (exact) mass is 410 g/mol. The van der Waals surface area contributed by atoms with E-state index < -0.39 is 6.04 Å². The molecule has 1 aliphatic rings. The molecule has 0 fully saturated rings. The Morgan fingerprint density at radius 3 is 2.69 bits per heavy atom. The first-order valence-corrected chi connectivity index (χ1v) is 10.1. The summed E-state index contributed by atoms with van der Waals surface area (Å²) in [6, 6.07) is 6.16. The van der Waals surface area contributed by atoms with Crippen LogP contribution >= 0.6 is 34.5 Å². The summed E-state index contributed by atoms with van der Waals surface area (Å²) in [5.74, 6) is -0.469.